The molecule has 0 amide bonds. The third-order valence-electron chi connectivity index (χ3n) is 4.57. The van der Waals surface area contributed by atoms with Crippen LogP contribution in [0.5, 0.6) is 5.75 Å². The van der Waals surface area contributed by atoms with E-state index in [1.54, 1.807) is 0 Å². The van der Waals surface area contributed by atoms with Crippen LogP contribution >= 0.6 is 0 Å². The first-order valence-electron chi connectivity index (χ1n) is 7.30. The molecule has 1 atom stereocenters. The number of nitrogens with two attached hydrogens (primary N) is 1. The molecule has 1 aromatic rings. The first-order chi connectivity index (χ1) is 8.72. The van der Waals surface area contributed by atoms with E-state index in [1.807, 2.05) is 0 Å². The number of ether oxygens (including phenoxy) is 1. The Morgan fingerprint density at radius 3 is 2.78 bits per heavy atom. The highest BCUT2D eigenvalue weighted by atomic mass is 16.5. The maximum Gasteiger partial charge on any atom is 0.124 e. The van der Waals surface area contributed by atoms with E-state index < -0.39 is 0 Å². The average Bonchev–Trinajstić information content (AvgIpc) is 2.39. The predicted octanol–water partition coefficient (Wildman–Crippen LogP) is 3.73. The Morgan fingerprint density at radius 1 is 1.28 bits per heavy atom. The molecule has 0 bridgehead atoms. The molecule has 2 heteroatoms. The summed E-state index contributed by atoms with van der Waals surface area (Å²) in [6, 6.07) is 6.69. The van der Waals surface area contributed by atoms with Gasteiger partial charge < -0.3 is 10.5 Å². The average molecular weight is 245 g/mol. The highest BCUT2D eigenvalue weighted by molar-refractivity contribution is 5.42. The molecule has 1 saturated carbocycles. The summed E-state index contributed by atoms with van der Waals surface area (Å²) in [5, 5.41) is 0. The Labute approximate surface area is 110 Å². The van der Waals surface area contributed by atoms with Crippen molar-refractivity contribution in [3.63, 3.8) is 0 Å². The lowest BCUT2D eigenvalue weighted by Gasteiger charge is -2.43. The van der Waals surface area contributed by atoms with Crippen LogP contribution in [0.25, 0.3) is 0 Å². The topological polar surface area (TPSA) is 35.2 Å². The SMILES string of the molecule is CCc1ccc2c(c1)C(N)CC1(CCCCC1)O2. The second-order valence-electron chi connectivity index (χ2n) is 5.88. The molecule has 0 saturated heterocycles. The van der Waals surface area contributed by atoms with Crippen LogP contribution in [-0.4, -0.2) is 5.60 Å². The van der Waals surface area contributed by atoms with E-state index in [2.05, 4.69) is 25.1 Å². The zero-order valence-corrected chi connectivity index (χ0v) is 11.2. The van der Waals surface area contributed by atoms with E-state index >= 15 is 0 Å². The summed E-state index contributed by atoms with van der Waals surface area (Å²) in [6.07, 6.45) is 8.33. The normalized spacial score (nSPS) is 25.6. The van der Waals surface area contributed by atoms with Crippen LogP contribution in [-0.2, 0) is 6.42 Å². The molecule has 1 aromatic carbocycles. The van der Waals surface area contributed by atoms with Gasteiger partial charge in [-0.2, -0.15) is 0 Å². The standard InChI is InChI=1S/C16H23NO/c1-2-12-6-7-15-13(10-12)14(17)11-16(18-15)8-4-3-5-9-16/h6-7,10,14H,2-5,8-9,11,17H2,1H3. The fourth-order valence-electron chi connectivity index (χ4n) is 3.49. The highest BCUT2D eigenvalue weighted by Crippen LogP contribution is 2.45. The first kappa shape index (κ1) is 12.0. The fourth-order valence-corrected chi connectivity index (χ4v) is 3.49. The number of hydrogen-bond donors (Lipinski definition) is 1. The largest absolute Gasteiger partial charge is 0.487 e. The molecule has 1 aliphatic carbocycles. The second kappa shape index (κ2) is 4.58. The van der Waals surface area contributed by atoms with Crippen LogP contribution in [0.15, 0.2) is 18.2 Å². The van der Waals surface area contributed by atoms with Gasteiger partial charge in [-0.1, -0.05) is 25.5 Å². The van der Waals surface area contributed by atoms with E-state index in [0.29, 0.717) is 0 Å². The van der Waals surface area contributed by atoms with Crippen molar-refractivity contribution < 1.29 is 4.74 Å². The molecule has 1 heterocycles. The molecule has 0 radical (unpaired) electrons. The second-order valence-corrected chi connectivity index (χ2v) is 5.88. The Hall–Kier alpha value is -1.02. The van der Waals surface area contributed by atoms with Crippen molar-refractivity contribution in [2.75, 3.05) is 0 Å². The van der Waals surface area contributed by atoms with Crippen molar-refractivity contribution >= 4 is 0 Å². The zero-order valence-electron chi connectivity index (χ0n) is 11.2. The summed E-state index contributed by atoms with van der Waals surface area (Å²) in [5.41, 5.74) is 9.00. The Morgan fingerprint density at radius 2 is 2.06 bits per heavy atom. The van der Waals surface area contributed by atoms with Crippen LogP contribution in [0.3, 0.4) is 0 Å². The minimum absolute atomic E-state index is 0.0401. The minimum Gasteiger partial charge on any atom is -0.487 e. The molecule has 1 spiro atoms. The van der Waals surface area contributed by atoms with Gasteiger partial charge in [0.25, 0.3) is 0 Å². The van der Waals surface area contributed by atoms with Crippen molar-refractivity contribution in [2.24, 2.45) is 5.73 Å². The fraction of sp³-hybridized carbons (Fsp3) is 0.625. The summed E-state index contributed by atoms with van der Waals surface area (Å²) < 4.78 is 6.35. The third-order valence-corrected chi connectivity index (χ3v) is 4.57. The summed E-state index contributed by atoms with van der Waals surface area (Å²) in [5.74, 6) is 1.04. The van der Waals surface area contributed by atoms with Crippen molar-refractivity contribution in [1.82, 2.24) is 0 Å². The smallest absolute Gasteiger partial charge is 0.124 e. The Balaban J connectivity index is 1.92. The molecule has 98 valence electrons. The number of benzene rings is 1. The van der Waals surface area contributed by atoms with Gasteiger partial charge in [0.2, 0.25) is 0 Å². The lowest BCUT2D eigenvalue weighted by Crippen LogP contribution is -2.44. The van der Waals surface area contributed by atoms with Gasteiger partial charge in [0, 0.05) is 18.0 Å². The summed E-state index contributed by atoms with van der Waals surface area (Å²) in [6.45, 7) is 2.18. The van der Waals surface area contributed by atoms with Crippen LogP contribution < -0.4 is 10.5 Å². The van der Waals surface area contributed by atoms with Crippen molar-refractivity contribution in [3.05, 3.63) is 29.3 Å². The predicted molar refractivity (Wildman–Crippen MR) is 73.8 cm³/mol. The van der Waals surface area contributed by atoms with Gasteiger partial charge in [-0.15, -0.1) is 0 Å². The minimum atomic E-state index is 0.0401. The molecule has 1 unspecified atom stereocenters. The molecule has 0 aromatic heterocycles. The van der Waals surface area contributed by atoms with Gasteiger partial charge in [0.05, 0.1) is 0 Å². The maximum atomic E-state index is 6.40. The number of rotatable bonds is 1. The molecular weight excluding hydrogens is 222 g/mol. The van der Waals surface area contributed by atoms with Crippen molar-refractivity contribution in [2.45, 2.75) is 63.5 Å². The van der Waals surface area contributed by atoms with Gasteiger partial charge in [0.1, 0.15) is 11.4 Å². The zero-order chi connectivity index (χ0) is 12.6. The molecule has 18 heavy (non-hydrogen) atoms. The summed E-state index contributed by atoms with van der Waals surface area (Å²) in [4.78, 5) is 0. The van der Waals surface area contributed by atoms with Gasteiger partial charge in [-0.3, -0.25) is 0 Å². The van der Waals surface area contributed by atoms with Crippen LogP contribution in [0.2, 0.25) is 0 Å². The first-order valence-corrected chi connectivity index (χ1v) is 7.30. The number of hydrogen-bond acceptors (Lipinski definition) is 2. The van der Waals surface area contributed by atoms with Crippen LogP contribution in [0, 0.1) is 0 Å². The van der Waals surface area contributed by atoms with E-state index in [1.165, 1.54) is 43.2 Å². The number of fused-ring (bicyclic) bond motifs is 1. The molecule has 2 aliphatic rings. The highest BCUT2D eigenvalue weighted by Gasteiger charge is 2.40. The van der Waals surface area contributed by atoms with Gasteiger partial charge in [0.15, 0.2) is 0 Å². The van der Waals surface area contributed by atoms with E-state index in [4.69, 9.17) is 10.5 Å². The summed E-state index contributed by atoms with van der Waals surface area (Å²) >= 11 is 0. The van der Waals surface area contributed by atoms with Gasteiger partial charge in [-0.25, -0.2) is 0 Å². The van der Waals surface area contributed by atoms with Gasteiger partial charge >= 0.3 is 0 Å². The molecular formula is C16H23NO. The number of aryl methyl sites for hydroxylation is 1. The van der Waals surface area contributed by atoms with Crippen molar-refractivity contribution in [1.29, 1.82) is 0 Å². The lowest BCUT2D eigenvalue weighted by molar-refractivity contribution is 0.00191. The summed E-state index contributed by atoms with van der Waals surface area (Å²) in [7, 11) is 0. The van der Waals surface area contributed by atoms with Crippen LogP contribution in [0.4, 0.5) is 0 Å². The monoisotopic (exact) mass is 245 g/mol. The lowest BCUT2D eigenvalue weighted by atomic mass is 9.77. The Bertz CT molecular complexity index is 435. The van der Waals surface area contributed by atoms with E-state index in [-0.39, 0.29) is 11.6 Å². The van der Waals surface area contributed by atoms with E-state index in [9.17, 15) is 0 Å². The maximum absolute atomic E-state index is 6.40. The molecule has 2 nitrogen and oxygen atoms in total. The van der Waals surface area contributed by atoms with Crippen molar-refractivity contribution in [3.8, 4) is 5.75 Å². The molecule has 2 N–H and O–H groups in total. The molecule has 3 rings (SSSR count). The van der Waals surface area contributed by atoms with E-state index in [0.717, 1.165) is 18.6 Å². The molecule has 1 fully saturated rings. The molecule has 1 aliphatic heterocycles. The van der Waals surface area contributed by atoms with Crippen LogP contribution in [0.1, 0.15) is 62.6 Å². The Kier molecular flexibility index (Phi) is 3.06. The third kappa shape index (κ3) is 2.03. The quantitative estimate of drug-likeness (QED) is 0.818. The van der Waals surface area contributed by atoms with Gasteiger partial charge in [-0.05, 0) is 43.7 Å².